The summed E-state index contributed by atoms with van der Waals surface area (Å²) in [5.41, 5.74) is 6.13. The first-order chi connectivity index (χ1) is 10.1. The standard InChI is InChI=1S/C13H10N4O4/c18-13(9-1-7-12(8-2-9)17(20)21)15-14-10-3-5-11(16-19)6-4-10/h1-8,14H,(H,15,18). The van der Waals surface area contributed by atoms with Crippen molar-refractivity contribution >= 4 is 23.0 Å². The monoisotopic (exact) mass is 286 g/mol. The van der Waals surface area contributed by atoms with E-state index in [0.29, 0.717) is 5.69 Å². The van der Waals surface area contributed by atoms with Crippen molar-refractivity contribution in [2.75, 3.05) is 5.43 Å². The van der Waals surface area contributed by atoms with Gasteiger partial charge in [-0.25, -0.2) is 0 Å². The fourth-order valence-corrected chi connectivity index (χ4v) is 1.54. The summed E-state index contributed by atoms with van der Waals surface area (Å²) in [6, 6.07) is 11.3. The maximum absolute atomic E-state index is 11.8. The molecule has 0 heterocycles. The molecule has 0 radical (unpaired) electrons. The van der Waals surface area contributed by atoms with E-state index in [9.17, 15) is 19.8 Å². The average molecular weight is 286 g/mol. The quantitative estimate of drug-likeness (QED) is 0.498. The molecule has 0 spiro atoms. The van der Waals surface area contributed by atoms with Gasteiger partial charge in [0.15, 0.2) is 0 Å². The van der Waals surface area contributed by atoms with Gasteiger partial charge in [0.1, 0.15) is 5.69 Å². The van der Waals surface area contributed by atoms with Gasteiger partial charge in [0.05, 0.1) is 10.6 Å². The highest BCUT2D eigenvalue weighted by atomic mass is 16.6. The average Bonchev–Trinajstić information content (AvgIpc) is 2.53. The number of carbonyl (C=O) groups excluding carboxylic acids is 1. The number of hydrazine groups is 1. The van der Waals surface area contributed by atoms with Gasteiger partial charge in [-0.2, -0.15) is 0 Å². The van der Waals surface area contributed by atoms with Gasteiger partial charge in [-0.3, -0.25) is 25.8 Å². The molecule has 8 heteroatoms. The molecular weight excluding hydrogens is 276 g/mol. The molecule has 0 fully saturated rings. The molecule has 21 heavy (non-hydrogen) atoms. The largest absolute Gasteiger partial charge is 0.298 e. The molecule has 8 nitrogen and oxygen atoms in total. The van der Waals surface area contributed by atoms with Gasteiger partial charge in [0, 0.05) is 17.7 Å². The molecule has 0 atom stereocenters. The lowest BCUT2D eigenvalue weighted by molar-refractivity contribution is -0.384. The number of nitroso groups, excluding NO2 is 1. The number of nitro benzene ring substituents is 1. The highest BCUT2D eigenvalue weighted by Crippen LogP contribution is 2.15. The summed E-state index contributed by atoms with van der Waals surface area (Å²) < 4.78 is 0. The van der Waals surface area contributed by atoms with Crippen molar-refractivity contribution < 1.29 is 9.72 Å². The summed E-state index contributed by atoms with van der Waals surface area (Å²) in [5, 5.41) is 13.3. The number of hydrogen-bond acceptors (Lipinski definition) is 6. The van der Waals surface area contributed by atoms with E-state index < -0.39 is 10.8 Å². The minimum atomic E-state index is -0.539. The Labute approximate surface area is 118 Å². The molecule has 0 aliphatic rings. The number of nitrogens with one attached hydrogen (secondary N) is 2. The molecule has 0 unspecified atom stereocenters. The summed E-state index contributed by atoms with van der Waals surface area (Å²) in [6.07, 6.45) is 0. The highest BCUT2D eigenvalue weighted by molar-refractivity contribution is 5.95. The van der Waals surface area contributed by atoms with Crippen LogP contribution in [0.4, 0.5) is 17.1 Å². The molecular formula is C13H10N4O4. The van der Waals surface area contributed by atoms with Crippen LogP contribution in [0.5, 0.6) is 0 Å². The minimum absolute atomic E-state index is 0.0866. The van der Waals surface area contributed by atoms with Gasteiger partial charge in [0.2, 0.25) is 0 Å². The van der Waals surface area contributed by atoms with Crippen molar-refractivity contribution in [3.05, 3.63) is 69.1 Å². The molecule has 0 saturated heterocycles. The van der Waals surface area contributed by atoms with Crippen LogP contribution in [0.2, 0.25) is 0 Å². The van der Waals surface area contributed by atoms with Gasteiger partial charge >= 0.3 is 0 Å². The predicted molar refractivity (Wildman–Crippen MR) is 76.1 cm³/mol. The molecule has 2 rings (SSSR count). The number of amides is 1. The van der Waals surface area contributed by atoms with Crippen LogP contribution in [0.15, 0.2) is 53.7 Å². The zero-order chi connectivity index (χ0) is 15.2. The van der Waals surface area contributed by atoms with Crippen LogP contribution in [-0.2, 0) is 0 Å². The third-order valence-corrected chi connectivity index (χ3v) is 2.63. The van der Waals surface area contributed by atoms with Crippen LogP contribution in [0.1, 0.15) is 10.4 Å². The number of nitro groups is 1. The minimum Gasteiger partial charge on any atom is -0.298 e. The zero-order valence-corrected chi connectivity index (χ0v) is 10.6. The van der Waals surface area contributed by atoms with Gasteiger partial charge < -0.3 is 0 Å². The third-order valence-electron chi connectivity index (χ3n) is 2.63. The maximum atomic E-state index is 11.8. The summed E-state index contributed by atoms with van der Waals surface area (Å²) >= 11 is 0. The highest BCUT2D eigenvalue weighted by Gasteiger charge is 2.08. The Morgan fingerprint density at radius 3 is 2.19 bits per heavy atom. The van der Waals surface area contributed by atoms with Crippen LogP contribution < -0.4 is 10.9 Å². The third kappa shape index (κ3) is 3.60. The van der Waals surface area contributed by atoms with Crippen molar-refractivity contribution in [3.63, 3.8) is 0 Å². The van der Waals surface area contributed by atoms with Gasteiger partial charge in [-0.05, 0) is 41.6 Å². The first kappa shape index (κ1) is 14.1. The number of hydrogen-bond donors (Lipinski definition) is 2. The van der Waals surface area contributed by atoms with Crippen LogP contribution in [0.25, 0.3) is 0 Å². The molecule has 0 bridgehead atoms. The molecule has 0 aliphatic carbocycles. The summed E-state index contributed by atoms with van der Waals surface area (Å²) in [6.45, 7) is 0. The van der Waals surface area contributed by atoms with Crippen LogP contribution in [0, 0.1) is 15.0 Å². The van der Waals surface area contributed by atoms with E-state index in [2.05, 4.69) is 16.0 Å². The fraction of sp³-hybridized carbons (Fsp3) is 0. The lowest BCUT2D eigenvalue weighted by atomic mass is 10.2. The number of benzene rings is 2. The molecule has 2 aromatic rings. The van der Waals surface area contributed by atoms with Gasteiger partial charge in [0.25, 0.3) is 11.6 Å². The van der Waals surface area contributed by atoms with Crippen LogP contribution in [0.3, 0.4) is 0 Å². The Kier molecular flexibility index (Phi) is 4.20. The fourth-order valence-electron chi connectivity index (χ4n) is 1.54. The smallest absolute Gasteiger partial charge is 0.269 e. The van der Waals surface area contributed by atoms with E-state index in [-0.39, 0.29) is 16.9 Å². The Hall–Kier alpha value is -3.29. The normalized spacial score (nSPS) is 9.71. The molecule has 0 aromatic heterocycles. The van der Waals surface area contributed by atoms with Gasteiger partial charge in [-0.15, -0.1) is 4.91 Å². The Balaban J connectivity index is 1.97. The molecule has 2 N–H and O–H groups in total. The van der Waals surface area contributed by atoms with E-state index in [4.69, 9.17) is 0 Å². The molecule has 0 saturated carbocycles. The van der Waals surface area contributed by atoms with Gasteiger partial charge in [-0.1, -0.05) is 0 Å². The van der Waals surface area contributed by atoms with E-state index in [0.717, 1.165) is 0 Å². The number of nitrogens with zero attached hydrogens (tertiary/aromatic N) is 2. The van der Waals surface area contributed by atoms with Crippen LogP contribution >= 0.6 is 0 Å². The number of non-ortho nitro benzene ring substituents is 1. The Morgan fingerprint density at radius 2 is 1.67 bits per heavy atom. The molecule has 106 valence electrons. The summed E-state index contributed by atoms with van der Waals surface area (Å²) in [7, 11) is 0. The molecule has 2 aromatic carbocycles. The lowest BCUT2D eigenvalue weighted by Gasteiger charge is -2.08. The van der Waals surface area contributed by atoms with E-state index >= 15 is 0 Å². The second-order valence-electron chi connectivity index (χ2n) is 4.02. The summed E-state index contributed by atoms with van der Waals surface area (Å²) in [5.74, 6) is -0.442. The van der Waals surface area contributed by atoms with Crippen molar-refractivity contribution in [1.29, 1.82) is 0 Å². The number of carbonyl (C=O) groups is 1. The number of anilines is 1. The SMILES string of the molecule is O=Nc1ccc(NNC(=O)c2ccc([N+](=O)[O-])cc2)cc1. The maximum Gasteiger partial charge on any atom is 0.269 e. The first-order valence-corrected chi connectivity index (χ1v) is 5.84. The van der Waals surface area contributed by atoms with E-state index in [1.165, 1.54) is 36.4 Å². The Morgan fingerprint density at radius 1 is 1.05 bits per heavy atom. The topological polar surface area (TPSA) is 114 Å². The summed E-state index contributed by atoms with van der Waals surface area (Å²) in [4.78, 5) is 32.0. The van der Waals surface area contributed by atoms with Crippen molar-refractivity contribution in [3.8, 4) is 0 Å². The Bertz CT molecular complexity index is 668. The molecule has 0 aliphatic heterocycles. The van der Waals surface area contributed by atoms with Crippen molar-refractivity contribution in [2.24, 2.45) is 5.18 Å². The molecule has 1 amide bonds. The second-order valence-corrected chi connectivity index (χ2v) is 4.02. The zero-order valence-electron chi connectivity index (χ0n) is 10.6. The van der Waals surface area contributed by atoms with E-state index in [1.54, 1.807) is 12.1 Å². The van der Waals surface area contributed by atoms with E-state index in [1.807, 2.05) is 0 Å². The predicted octanol–water partition coefficient (Wildman–Crippen LogP) is 2.75. The lowest BCUT2D eigenvalue weighted by Crippen LogP contribution is -2.29. The number of rotatable bonds is 5. The van der Waals surface area contributed by atoms with Crippen LogP contribution in [-0.4, -0.2) is 10.8 Å². The van der Waals surface area contributed by atoms with Crippen molar-refractivity contribution in [2.45, 2.75) is 0 Å². The second kappa shape index (κ2) is 6.24. The van der Waals surface area contributed by atoms with Crippen molar-refractivity contribution in [1.82, 2.24) is 5.43 Å². The first-order valence-electron chi connectivity index (χ1n) is 5.84.